The van der Waals surface area contributed by atoms with E-state index >= 15 is 0 Å². The Morgan fingerprint density at radius 1 is 1.61 bits per heavy atom. The van der Waals surface area contributed by atoms with Crippen molar-refractivity contribution < 1.29 is 14.7 Å². The number of rotatable bonds is 3. The Hall–Kier alpha value is -2.18. The van der Waals surface area contributed by atoms with E-state index in [1.807, 2.05) is 0 Å². The Labute approximate surface area is 104 Å². The van der Waals surface area contributed by atoms with Gasteiger partial charge in [-0.25, -0.2) is 14.8 Å². The Balaban J connectivity index is 2.12. The molecular weight excluding hydrogens is 236 g/mol. The average Bonchev–Trinajstić information content (AvgIpc) is 2.32. The number of piperidine rings is 1. The summed E-state index contributed by atoms with van der Waals surface area (Å²) in [5, 5.41) is 14.5. The van der Waals surface area contributed by atoms with E-state index in [0.29, 0.717) is 12.2 Å². The Morgan fingerprint density at radius 3 is 3.00 bits per heavy atom. The second kappa shape index (κ2) is 4.99. The fraction of sp³-hybridized carbons (Fsp3) is 0.455. The van der Waals surface area contributed by atoms with Crippen LogP contribution in [0.5, 0.6) is 0 Å². The monoisotopic (exact) mass is 250 g/mol. The van der Waals surface area contributed by atoms with Gasteiger partial charge in [-0.15, -0.1) is 0 Å². The molecule has 2 rings (SSSR count). The van der Waals surface area contributed by atoms with Crippen LogP contribution in [0.2, 0.25) is 0 Å². The second-order valence-electron chi connectivity index (χ2n) is 4.13. The fourth-order valence-corrected chi connectivity index (χ4v) is 1.81. The molecule has 1 amide bonds. The first-order valence-corrected chi connectivity index (χ1v) is 5.69. The molecule has 7 heteroatoms. The zero-order valence-corrected chi connectivity index (χ0v) is 9.93. The number of carboxylic acid groups (broad SMARTS) is 1. The van der Waals surface area contributed by atoms with Gasteiger partial charge in [-0.1, -0.05) is 0 Å². The van der Waals surface area contributed by atoms with Crippen LogP contribution >= 0.6 is 0 Å². The third-order valence-electron chi connectivity index (χ3n) is 2.80. The minimum absolute atomic E-state index is 0.0636. The summed E-state index contributed by atoms with van der Waals surface area (Å²) < 4.78 is 0. The van der Waals surface area contributed by atoms with E-state index in [1.54, 1.807) is 6.92 Å². The van der Waals surface area contributed by atoms with Crippen LogP contribution in [-0.2, 0) is 4.79 Å². The van der Waals surface area contributed by atoms with E-state index in [1.165, 1.54) is 6.20 Å². The van der Waals surface area contributed by atoms with Crippen molar-refractivity contribution in [3.05, 3.63) is 17.5 Å². The van der Waals surface area contributed by atoms with Crippen molar-refractivity contribution in [2.45, 2.75) is 25.8 Å². The lowest BCUT2D eigenvalue weighted by atomic mass is 10.1. The molecule has 7 nitrogen and oxygen atoms in total. The normalized spacial score (nSPS) is 19.2. The maximum absolute atomic E-state index is 11.5. The predicted molar refractivity (Wildman–Crippen MR) is 63.4 cm³/mol. The van der Waals surface area contributed by atoms with Gasteiger partial charge in [0.1, 0.15) is 6.04 Å². The molecule has 1 fully saturated rings. The molecule has 0 aliphatic carbocycles. The Morgan fingerprint density at radius 2 is 2.39 bits per heavy atom. The number of nitrogens with one attached hydrogen (secondary N) is 2. The third-order valence-corrected chi connectivity index (χ3v) is 2.80. The van der Waals surface area contributed by atoms with Gasteiger partial charge in [0.05, 0.1) is 11.3 Å². The Kier molecular flexibility index (Phi) is 3.40. The minimum atomic E-state index is -1.06. The first-order valence-electron chi connectivity index (χ1n) is 5.69. The Bertz CT molecular complexity index is 489. The molecule has 1 unspecified atom stereocenters. The molecule has 1 aromatic heterocycles. The van der Waals surface area contributed by atoms with Gasteiger partial charge in [0.2, 0.25) is 11.9 Å². The molecule has 1 saturated heterocycles. The molecule has 0 aromatic carbocycles. The quantitative estimate of drug-likeness (QED) is 0.706. The lowest BCUT2D eigenvalue weighted by molar-refractivity contribution is -0.123. The zero-order valence-electron chi connectivity index (χ0n) is 9.93. The van der Waals surface area contributed by atoms with Crippen LogP contribution in [-0.4, -0.2) is 39.5 Å². The van der Waals surface area contributed by atoms with Crippen molar-refractivity contribution in [3.8, 4) is 0 Å². The summed E-state index contributed by atoms with van der Waals surface area (Å²) in [4.78, 5) is 30.3. The first kappa shape index (κ1) is 12.3. The van der Waals surface area contributed by atoms with E-state index in [0.717, 1.165) is 12.8 Å². The van der Waals surface area contributed by atoms with Crippen molar-refractivity contribution >= 4 is 17.8 Å². The molecule has 1 aromatic rings. The molecule has 96 valence electrons. The van der Waals surface area contributed by atoms with Crippen LogP contribution in [0, 0.1) is 6.92 Å². The maximum Gasteiger partial charge on any atom is 0.339 e. The molecule has 1 aliphatic heterocycles. The van der Waals surface area contributed by atoms with Crippen LogP contribution in [0.3, 0.4) is 0 Å². The number of hydrogen-bond acceptors (Lipinski definition) is 5. The van der Waals surface area contributed by atoms with Crippen LogP contribution in [0.15, 0.2) is 6.20 Å². The lowest BCUT2D eigenvalue weighted by Crippen LogP contribution is -2.44. The van der Waals surface area contributed by atoms with Gasteiger partial charge in [0.15, 0.2) is 0 Å². The minimum Gasteiger partial charge on any atom is -0.478 e. The number of aromatic carboxylic acids is 1. The highest BCUT2D eigenvalue weighted by molar-refractivity contribution is 5.88. The van der Waals surface area contributed by atoms with Gasteiger partial charge in [-0.05, 0) is 19.8 Å². The van der Waals surface area contributed by atoms with Gasteiger partial charge in [-0.2, -0.15) is 0 Å². The lowest BCUT2D eigenvalue weighted by Gasteiger charge is -2.22. The highest BCUT2D eigenvalue weighted by Crippen LogP contribution is 2.11. The highest BCUT2D eigenvalue weighted by atomic mass is 16.4. The van der Waals surface area contributed by atoms with E-state index < -0.39 is 5.97 Å². The summed E-state index contributed by atoms with van der Waals surface area (Å²) in [6, 6.07) is -0.353. The van der Waals surface area contributed by atoms with Crippen molar-refractivity contribution in [2.24, 2.45) is 0 Å². The molecular formula is C11H14N4O3. The molecule has 1 atom stereocenters. The summed E-state index contributed by atoms with van der Waals surface area (Å²) in [5.41, 5.74) is 0.435. The summed E-state index contributed by atoms with van der Waals surface area (Å²) in [7, 11) is 0. The van der Waals surface area contributed by atoms with Gasteiger partial charge in [0, 0.05) is 12.7 Å². The van der Waals surface area contributed by atoms with Crippen molar-refractivity contribution in [3.63, 3.8) is 0 Å². The van der Waals surface area contributed by atoms with E-state index in [9.17, 15) is 9.59 Å². The van der Waals surface area contributed by atoms with Gasteiger partial charge in [0.25, 0.3) is 0 Å². The van der Waals surface area contributed by atoms with E-state index in [4.69, 9.17) is 5.11 Å². The number of hydrogen-bond donors (Lipinski definition) is 3. The molecule has 0 bridgehead atoms. The van der Waals surface area contributed by atoms with Gasteiger partial charge >= 0.3 is 5.97 Å². The summed E-state index contributed by atoms with van der Waals surface area (Å²) in [5.74, 6) is -0.862. The number of anilines is 1. The number of carbonyl (C=O) groups is 2. The molecule has 3 N–H and O–H groups in total. The standard InChI is InChI=1S/C11H14N4O3/c1-6-7(10(17)18)5-13-11(14-6)15-8-3-2-4-12-9(8)16/h5,8H,2-4H2,1H3,(H,12,16)(H,17,18)(H,13,14,15). The molecule has 0 spiro atoms. The van der Waals surface area contributed by atoms with Crippen molar-refractivity contribution in [1.29, 1.82) is 0 Å². The summed E-state index contributed by atoms with van der Waals surface area (Å²) >= 11 is 0. The smallest absolute Gasteiger partial charge is 0.339 e. The highest BCUT2D eigenvalue weighted by Gasteiger charge is 2.22. The topological polar surface area (TPSA) is 104 Å². The molecule has 2 heterocycles. The second-order valence-corrected chi connectivity index (χ2v) is 4.13. The molecule has 1 aliphatic rings. The number of carboxylic acids is 1. The number of aromatic nitrogens is 2. The fourth-order valence-electron chi connectivity index (χ4n) is 1.81. The maximum atomic E-state index is 11.5. The van der Waals surface area contributed by atoms with Crippen molar-refractivity contribution in [1.82, 2.24) is 15.3 Å². The van der Waals surface area contributed by atoms with E-state index in [-0.39, 0.29) is 23.5 Å². The summed E-state index contributed by atoms with van der Waals surface area (Å²) in [6.45, 7) is 2.28. The molecule has 0 radical (unpaired) electrons. The number of carbonyl (C=O) groups excluding carboxylic acids is 1. The zero-order chi connectivity index (χ0) is 13.1. The average molecular weight is 250 g/mol. The SMILES string of the molecule is Cc1nc(NC2CCCNC2=O)ncc1C(=O)O. The van der Waals surface area contributed by atoms with Crippen LogP contribution in [0.25, 0.3) is 0 Å². The molecule has 18 heavy (non-hydrogen) atoms. The summed E-state index contributed by atoms with van der Waals surface area (Å²) in [6.07, 6.45) is 2.86. The van der Waals surface area contributed by atoms with Gasteiger partial charge < -0.3 is 15.7 Å². The van der Waals surface area contributed by atoms with E-state index in [2.05, 4.69) is 20.6 Å². The van der Waals surface area contributed by atoms with Crippen LogP contribution in [0.1, 0.15) is 28.9 Å². The largest absolute Gasteiger partial charge is 0.478 e. The predicted octanol–water partition coefficient (Wildman–Crippen LogP) is 0.174. The number of amides is 1. The number of aryl methyl sites for hydroxylation is 1. The van der Waals surface area contributed by atoms with Crippen LogP contribution in [0.4, 0.5) is 5.95 Å². The van der Waals surface area contributed by atoms with Crippen molar-refractivity contribution in [2.75, 3.05) is 11.9 Å². The first-order chi connectivity index (χ1) is 8.58. The molecule has 0 saturated carbocycles. The van der Waals surface area contributed by atoms with Crippen LogP contribution < -0.4 is 10.6 Å². The van der Waals surface area contributed by atoms with Gasteiger partial charge in [-0.3, -0.25) is 4.79 Å². The number of nitrogens with zero attached hydrogens (tertiary/aromatic N) is 2. The third kappa shape index (κ3) is 2.55.